The Morgan fingerprint density at radius 3 is 2.37 bits per heavy atom. The molecule has 1 aromatic heterocycles. The number of terminal acetylenes is 1. The molecule has 1 heterocycles. The highest BCUT2D eigenvalue weighted by atomic mass is 19.4. The number of carbonyl (C=O) groups is 1. The first-order valence-electron chi connectivity index (χ1n) is 5.27. The zero-order chi connectivity index (χ0) is 14.8. The average molecular weight is 271 g/mol. The van der Waals surface area contributed by atoms with Gasteiger partial charge >= 0.3 is 12.1 Å². The second kappa shape index (κ2) is 4.92. The number of esters is 1. The van der Waals surface area contributed by atoms with E-state index in [2.05, 4.69) is 15.6 Å². The molecule has 3 nitrogen and oxygen atoms in total. The molecule has 0 N–H and O–H groups in total. The smallest absolute Gasteiger partial charge is 0.416 e. The van der Waals surface area contributed by atoms with Crippen LogP contribution in [0.15, 0.2) is 12.1 Å². The number of aromatic nitrogens is 1. The fourth-order valence-electron chi connectivity index (χ4n) is 1.30. The highest BCUT2D eigenvalue weighted by Crippen LogP contribution is 2.32. The van der Waals surface area contributed by atoms with E-state index >= 15 is 0 Å². The van der Waals surface area contributed by atoms with Crippen molar-refractivity contribution in [3.05, 3.63) is 29.1 Å². The number of hydrogen-bond donors (Lipinski definition) is 0. The van der Waals surface area contributed by atoms with Gasteiger partial charge in [-0.3, -0.25) is 0 Å². The van der Waals surface area contributed by atoms with Crippen molar-refractivity contribution in [2.75, 3.05) is 7.11 Å². The number of hydrogen-bond acceptors (Lipinski definition) is 3. The summed E-state index contributed by atoms with van der Waals surface area (Å²) in [6.45, 7) is 3.08. The molecule has 0 saturated carbocycles. The van der Waals surface area contributed by atoms with Crippen molar-refractivity contribution in [2.45, 2.75) is 25.4 Å². The van der Waals surface area contributed by atoms with Crippen LogP contribution in [0.4, 0.5) is 13.2 Å². The van der Waals surface area contributed by atoms with Crippen LogP contribution in [0.5, 0.6) is 0 Å². The number of rotatable bonds is 2. The van der Waals surface area contributed by atoms with Crippen LogP contribution in [-0.4, -0.2) is 18.1 Å². The molecular weight excluding hydrogens is 259 g/mol. The van der Waals surface area contributed by atoms with Gasteiger partial charge in [-0.1, -0.05) is 5.92 Å². The van der Waals surface area contributed by atoms with Crippen LogP contribution in [0.3, 0.4) is 0 Å². The second-order valence-electron chi connectivity index (χ2n) is 4.38. The lowest BCUT2D eigenvalue weighted by Gasteiger charge is -2.19. The minimum atomic E-state index is -4.59. The molecule has 1 aromatic rings. The predicted octanol–water partition coefficient (Wildman–Crippen LogP) is 2.80. The Labute approximate surface area is 108 Å². The highest BCUT2D eigenvalue weighted by Gasteiger charge is 2.34. The predicted molar refractivity (Wildman–Crippen MR) is 62.4 cm³/mol. The number of alkyl halides is 3. The normalized spacial score (nSPS) is 11.8. The first-order valence-corrected chi connectivity index (χ1v) is 5.27. The van der Waals surface area contributed by atoms with Gasteiger partial charge in [-0.15, -0.1) is 6.42 Å². The maximum absolute atomic E-state index is 12.8. The minimum Gasteiger partial charge on any atom is -0.464 e. The van der Waals surface area contributed by atoms with E-state index in [4.69, 9.17) is 6.42 Å². The molecule has 0 aromatic carbocycles. The van der Waals surface area contributed by atoms with Gasteiger partial charge in [0.15, 0.2) is 0 Å². The van der Waals surface area contributed by atoms with Gasteiger partial charge < -0.3 is 4.74 Å². The molecule has 0 amide bonds. The van der Waals surface area contributed by atoms with Crippen LogP contribution in [0.2, 0.25) is 0 Å². The summed E-state index contributed by atoms with van der Waals surface area (Å²) in [5, 5.41) is 0. The van der Waals surface area contributed by atoms with Gasteiger partial charge in [-0.25, -0.2) is 9.78 Å². The van der Waals surface area contributed by atoms with E-state index in [9.17, 15) is 18.0 Å². The van der Waals surface area contributed by atoms with E-state index in [1.807, 2.05) is 0 Å². The van der Waals surface area contributed by atoms with Gasteiger partial charge in [0, 0.05) is 0 Å². The molecule has 0 aliphatic carbocycles. The van der Waals surface area contributed by atoms with Crippen molar-refractivity contribution in [3.63, 3.8) is 0 Å². The van der Waals surface area contributed by atoms with Crippen molar-refractivity contribution in [2.24, 2.45) is 0 Å². The van der Waals surface area contributed by atoms with Crippen LogP contribution in [-0.2, 0) is 16.3 Å². The Morgan fingerprint density at radius 1 is 1.37 bits per heavy atom. The molecule has 0 atom stereocenters. The largest absolute Gasteiger partial charge is 0.464 e. The molecule has 0 aliphatic rings. The standard InChI is InChI=1S/C13H12F3NO2/c1-5-12(2,3)10-7-8(13(14,15)16)6-9(17-10)11(18)19-4/h1,6-7H,2-4H3. The monoisotopic (exact) mass is 271 g/mol. The minimum absolute atomic E-state index is 0.00905. The van der Waals surface area contributed by atoms with Crippen LogP contribution in [0, 0.1) is 12.3 Å². The van der Waals surface area contributed by atoms with Crippen molar-refractivity contribution >= 4 is 5.97 Å². The SMILES string of the molecule is C#CC(C)(C)c1cc(C(F)(F)F)cc(C(=O)OC)n1. The summed E-state index contributed by atoms with van der Waals surface area (Å²) >= 11 is 0. The van der Waals surface area contributed by atoms with Gasteiger partial charge in [0.2, 0.25) is 0 Å². The third-order valence-corrected chi connectivity index (χ3v) is 2.55. The molecular formula is C13H12F3NO2. The summed E-state index contributed by atoms with van der Waals surface area (Å²) in [7, 11) is 1.07. The number of halogens is 3. The number of carbonyl (C=O) groups excluding carboxylic acids is 1. The Balaban J connectivity index is 3.51. The molecule has 0 bridgehead atoms. The van der Waals surface area contributed by atoms with Gasteiger partial charge in [-0.2, -0.15) is 13.2 Å². The highest BCUT2D eigenvalue weighted by molar-refractivity contribution is 5.87. The maximum Gasteiger partial charge on any atom is 0.416 e. The van der Waals surface area contributed by atoms with Gasteiger partial charge in [0.1, 0.15) is 5.69 Å². The maximum atomic E-state index is 12.8. The average Bonchev–Trinajstić information content (AvgIpc) is 2.36. The Morgan fingerprint density at radius 2 is 1.95 bits per heavy atom. The summed E-state index contributed by atoms with van der Waals surface area (Å²) in [6, 6.07) is 1.48. The first kappa shape index (κ1) is 15.0. The molecule has 0 unspecified atom stereocenters. The zero-order valence-corrected chi connectivity index (χ0v) is 10.6. The van der Waals surface area contributed by atoms with Crippen molar-refractivity contribution < 1.29 is 22.7 Å². The van der Waals surface area contributed by atoms with Crippen molar-refractivity contribution in [1.82, 2.24) is 4.98 Å². The molecule has 102 valence electrons. The molecule has 0 spiro atoms. The lowest BCUT2D eigenvalue weighted by Crippen LogP contribution is -2.21. The van der Waals surface area contributed by atoms with E-state index in [0.717, 1.165) is 13.2 Å². The molecule has 0 radical (unpaired) electrons. The fraction of sp³-hybridized carbons (Fsp3) is 0.385. The number of nitrogens with zero attached hydrogens (tertiary/aromatic N) is 1. The Hall–Kier alpha value is -2.03. The van der Waals surface area contributed by atoms with E-state index in [0.29, 0.717) is 6.07 Å². The summed E-state index contributed by atoms with van der Waals surface area (Å²) in [6.07, 6.45) is 0.677. The van der Waals surface area contributed by atoms with Crippen LogP contribution >= 0.6 is 0 Å². The fourth-order valence-corrected chi connectivity index (χ4v) is 1.30. The van der Waals surface area contributed by atoms with E-state index in [1.54, 1.807) is 0 Å². The Kier molecular flexibility index (Phi) is 3.89. The Bertz CT molecular complexity index is 542. The molecule has 0 saturated heterocycles. The third kappa shape index (κ3) is 3.25. The third-order valence-electron chi connectivity index (χ3n) is 2.55. The zero-order valence-electron chi connectivity index (χ0n) is 10.6. The van der Waals surface area contributed by atoms with Crippen molar-refractivity contribution in [1.29, 1.82) is 0 Å². The van der Waals surface area contributed by atoms with Crippen LogP contribution in [0.25, 0.3) is 0 Å². The molecule has 0 fully saturated rings. The molecule has 1 rings (SSSR count). The molecule has 0 aliphatic heterocycles. The number of ether oxygens (including phenoxy) is 1. The van der Waals surface area contributed by atoms with Gasteiger partial charge in [-0.05, 0) is 26.0 Å². The summed E-state index contributed by atoms with van der Waals surface area (Å²) < 4.78 is 42.7. The lowest BCUT2D eigenvalue weighted by atomic mass is 9.89. The molecule has 6 heteroatoms. The summed E-state index contributed by atoms with van der Waals surface area (Å²) in [5.74, 6) is 1.39. The molecule has 19 heavy (non-hydrogen) atoms. The second-order valence-corrected chi connectivity index (χ2v) is 4.38. The van der Waals surface area contributed by atoms with Crippen LogP contribution < -0.4 is 0 Å². The quantitative estimate of drug-likeness (QED) is 0.613. The number of pyridine rings is 1. The first-order chi connectivity index (χ1) is 8.61. The van der Waals surface area contributed by atoms with E-state index < -0.39 is 28.8 Å². The van der Waals surface area contributed by atoms with Crippen LogP contribution in [0.1, 0.15) is 35.6 Å². The van der Waals surface area contributed by atoms with Gasteiger partial charge in [0.25, 0.3) is 0 Å². The van der Waals surface area contributed by atoms with E-state index in [1.165, 1.54) is 13.8 Å². The number of methoxy groups -OCH3 is 1. The van der Waals surface area contributed by atoms with Crippen molar-refractivity contribution in [3.8, 4) is 12.3 Å². The summed E-state index contributed by atoms with van der Waals surface area (Å²) in [4.78, 5) is 15.2. The topological polar surface area (TPSA) is 39.2 Å². The van der Waals surface area contributed by atoms with Gasteiger partial charge in [0.05, 0.1) is 23.8 Å². The lowest BCUT2D eigenvalue weighted by molar-refractivity contribution is -0.137. The summed E-state index contributed by atoms with van der Waals surface area (Å²) in [5.41, 5.74) is -2.44. The van der Waals surface area contributed by atoms with E-state index in [-0.39, 0.29) is 5.69 Å².